The van der Waals surface area contributed by atoms with Gasteiger partial charge in [-0.15, -0.1) is 0 Å². The fourth-order valence-electron chi connectivity index (χ4n) is 3.42. The van der Waals surface area contributed by atoms with Crippen molar-refractivity contribution in [3.63, 3.8) is 0 Å². The first kappa shape index (κ1) is 21.6. The molecule has 1 aliphatic rings. The molecule has 1 aliphatic heterocycles. The molecule has 4 nitrogen and oxygen atoms in total. The molecule has 1 heterocycles. The highest BCUT2D eigenvalue weighted by molar-refractivity contribution is 6.23. The van der Waals surface area contributed by atoms with Crippen molar-refractivity contribution in [2.75, 3.05) is 6.54 Å². The van der Waals surface area contributed by atoms with Crippen molar-refractivity contribution in [1.82, 2.24) is 4.90 Å². The second kappa shape index (κ2) is 8.79. The summed E-state index contributed by atoms with van der Waals surface area (Å²) in [5.41, 5.74) is -0.491. The van der Waals surface area contributed by atoms with Gasteiger partial charge in [-0.2, -0.15) is 0 Å². The summed E-state index contributed by atoms with van der Waals surface area (Å²) in [5.74, 6) is 0.110. The zero-order chi connectivity index (χ0) is 19.4. The van der Waals surface area contributed by atoms with Crippen LogP contribution in [0.2, 0.25) is 0 Å². The van der Waals surface area contributed by atoms with Crippen LogP contribution in [0.25, 0.3) is 0 Å². The average molecular weight is 350 g/mol. The van der Waals surface area contributed by atoms with E-state index in [1.165, 1.54) is 0 Å². The van der Waals surface area contributed by atoms with Gasteiger partial charge in [0.2, 0.25) is 5.78 Å². The predicted molar refractivity (Wildman–Crippen MR) is 102 cm³/mol. The Morgan fingerprint density at radius 2 is 1.92 bits per heavy atom. The Labute approximate surface area is 153 Å². The van der Waals surface area contributed by atoms with Gasteiger partial charge >= 0.3 is 0 Å². The Morgan fingerprint density at radius 3 is 2.40 bits per heavy atom. The van der Waals surface area contributed by atoms with Crippen LogP contribution in [-0.4, -0.2) is 39.8 Å². The average Bonchev–Trinajstić information content (AvgIpc) is 2.56. The van der Waals surface area contributed by atoms with E-state index in [4.69, 9.17) is 0 Å². The number of ketones is 2. The summed E-state index contributed by atoms with van der Waals surface area (Å²) >= 11 is 0. The van der Waals surface area contributed by atoms with Crippen LogP contribution in [0.4, 0.5) is 0 Å². The highest BCUT2D eigenvalue weighted by Crippen LogP contribution is 2.34. The number of hydrogen-bond acceptors (Lipinski definition) is 4. The third-order valence-electron chi connectivity index (χ3n) is 5.33. The van der Waals surface area contributed by atoms with Crippen molar-refractivity contribution in [1.29, 1.82) is 0 Å². The third kappa shape index (κ3) is 4.81. The largest absolute Gasteiger partial charge is 0.379 e. The van der Waals surface area contributed by atoms with Gasteiger partial charge in [-0.05, 0) is 25.7 Å². The number of Topliss-reactive ketones (excluding diaryl/α,β-unsaturated/α-hetero) is 2. The van der Waals surface area contributed by atoms with Gasteiger partial charge in [-0.1, -0.05) is 59.1 Å². The zero-order valence-corrected chi connectivity index (χ0v) is 16.9. The molecule has 0 aromatic carbocycles. The van der Waals surface area contributed by atoms with E-state index in [0.29, 0.717) is 18.4 Å². The summed E-state index contributed by atoms with van der Waals surface area (Å²) in [6.45, 7) is 14.5. The Kier molecular flexibility index (Phi) is 7.61. The molecule has 0 saturated heterocycles. The zero-order valence-electron chi connectivity index (χ0n) is 16.9. The summed E-state index contributed by atoms with van der Waals surface area (Å²) < 4.78 is 0. The minimum atomic E-state index is -1.60. The number of allylic oxidation sites excluding steroid dienone is 1. The predicted octanol–water partition coefficient (Wildman–Crippen LogP) is 3.89. The van der Waals surface area contributed by atoms with Crippen LogP contribution < -0.4 is 0 Å². The lowest BCUT2D eigenvalue weighted by Gasteiger charge is -2.45. The molecule has 25 heavy (non-hydrogen) atoms. The molecule has 0 fully saturated rings. The molecule has 4 atom stereocenters. The van der Waals surface area contributed by atoms with Crippen LogP contribution in [0, 0.1) is 11.8 Å². The molecule has 0 aromatic heterocycles. The molecule has 1 rings (SSSR count). The van der Waals surface area contributed by atoms with E-state index in [0.717, 1.165) is 18.4 Å². The molecule has 4 heteroatoms. The SMILES string of the molecule is CCC(=O)C1=CN(CC(C)CC)[C@H](/C(C)=C/[C@@H](C)CC)[C@](C)(O)C1=O. The quantitative estimate of drug-likeness (QED) is 0.533. The Morgan fingerprint density at radius 1 is 1.32 bits per heavy atom. The van der Waals surface area contributed by atoms with Crippen molar-refractivity contribution < 1.29 is 14.7 Å². The van der Waals surface area contributed by atoms with Gasteiger partial charge < -0.3 is 10.0 Å². The van der Waals surface area contributed by atoms with Crippen LogP contribution in [0.1, 0.15) is 67.7 Å². The summed E-state index contributed by atoms with van der Waals surface area (Å²) in [7, 11) is 0. The van der Waals surface area contributed by atoms with E-state index in [2.05, 4.69) is 33.8 Å². The van der Waals surface area contributed by atoms with Crippen molar-refractivity contribution in [2.24, 2.45) is 11.8 Å². The lowest BCUT2D eigenvalue weighted by molar-refractivity contribution is -0.140. The fourth-order valence-corrected chi connectivity index (χ4v) is 3.42. The molecule has 1 unspecified atom stereocenters. The van der Waals surface area contributed by atoms with Crippen molar-refractivity contribution in [2.45, 2.75) is 79.4 Å². The molecular weight excluding hydrogens is 314 g/mol. The standard InChI is InChI=1S/C21H35NO3/c1-8-14(4)11-16(6)19-21(7,25)20(24)17(18(23)10-3)13-22(19)12-15(5)9-2/h11,13-15,19,25H,8-10,12H2,1-7H3/b16-11+/t14-,15?,19+,21-/m0/s1. The monoisotopic (exact) mass is 349 g/mol. The lowest BCUT2D eigenvalue weighted by atomic mass is 9.78. The summed E-state index contributed by atoms with van der Waals surface area (Å²) in [4.78, 5) is 27.1. The summed E-state index contributed by atoms with van der Waals surface area (Å²) in [6, 6.07) is -0.434. The number of aliphatic hydroxyl groups is 1. The number of carbonyl (C=O) groups is 2. The van der Waals surface area contributed by atoms with Crippen LogP contribution in [0.3, 0.4) is 0 Å². The Balaban J connectivity index is 3.43. The second-order valence-corrected chi connectivity index (χ2v) is 7.71. The molecule has 0 amide bonds. The van der Waals surface area contributed by atoms with Gasteiger partial charge in [-0.25, -0.2) is 0 Å². The van der Waals surface area contributed by atoms with Crippen molar-refractivity contribution >= 4 is 11.6 Å². The Bertz CT molecular complexity index is 559. The van der Waals surface area contributed by atoms with Crippen molar-refractivity contribution in [3.05, 3.63) is 23.4 Å². The van der Waals surface area contributed by atoms with Crippen LogP contribution in [-0.2, 0) is 9.59 Å². The fraction of sp³-hybridized carbons (Fsp3) is 0.714. The summed E-state index contributed by atoms with van der Waals surface area (Å²) in [6.07, 6.45) is 6.09. The lowest BCUT2D eigenvalue weighted by Crippen LogP contribution is -2.59. The molecule has 142 valence electrons. The van der Waals surface area contributed by atoms with Crippen LogP contribution in [0.15, 0.2) is 23.4 Å². The molecule has 0 bridgehead atoms. The van der Waals surface area contributed by atoms with E-state index in [1.807, 2.05) is 11.8 Å². The topological polar surface area (TPSA) is 57.6 Å². The van der Waals surface area contributed by atoms with Gasteiger partial charge in [0.15, 0.2) is 5.78 Å². The van der Waals surface area contributed by atoms with E-state index in [9.17, 15) is 14.7 Å². The first-order valence-corrected chi connectivity index (χ1v) is 9.56. The normalized spacial score (nSPS) is 27.1. The van der Waals surface area contributed by atoms with E-state index in [1.54, 1.807) is 20.0 Å². The molecule has 0 aliphatic carbocycles. The van der Waals surface area contributed by atoms with E-state index >= 15 is 0 Å². The number of nitrogens with zero attached hydrogens (tertiary/aromatic N) is 1. The first-order valence-electron chi connectivity index (χ1n) is 9.56. The maximum Gasteiger partial charge on any atom is 0.201 e. The number of carbonyl (C=O) groups excluding carboxylic acids is 2. The minimum absolute atomic E-state index is 0.128. The van der Waals surface area contributed by atoms with Gasteiger partial charge in [-0.3, -0.25) is 9.59 Å². The van der Waals surface area contributed by atoms with Gasteiger partial charge in [0.1, 0.15) is 5.60 Å². The molecule has 0 spiro atoms. The highest BCUT2D eigenvalue weighted by Gasteiger charge is 2.48. The first-order chi connectivity index (χ1) is 11.6. The maximum atomic E-state index is 12.8. The van der Waals surface area contributed by atoms with Crippen molar-refractivity contribution in [3.8, 4) is 0 Å². The maximum absolute atomic E-state index is 12.8. The molecule has 1 N–H and O–H groups in total. The van der Waals surface area contributed by atoms with Crippen LogP contribution in [0.5, 0.6) is 0 Å². The van der Waals surface area contributed by atoms with E-state index in [-0.39, 0.29) is 17.8 Å². The summed E-state index contributed by atoms with van der Waals surface area (Å²) in [5, 5.41) is 11.1. The number of hydrogen-bond donors (Lipinski definition) is 1. The molecular formula is C21H35NO3. The smallest absolute Gasteiger partial charge is 0.201 e. The minimum Gasteiger partial charge on any atom is -0.379 e. The third-order valence-corrected chi connectivity index (χ3v) is 5.33. The van der Waals surface area contributed by atoms with Crippen LogP contribution >= 0.6 is 0 Å². The second-order valence-electron chi connectivity index (χ2n) is 7.71. The van der Waals surface area contributed by atoms with Gasteiger partial charge in [0, 0.05) is 19.2 Å². The molecule has 0 aromatic rings. The molecule has 0 radical (unpaired) electrons. The van der Waals surface area contributed by atoms with Gasteiger partial charge in [0.25, 0.3) is 0 Å². The molecule has 0 saturated carbocycles. The Hall–Kier alpha value is -1.42. The highest BCUT2D eigenvalue weighted by atomic mass is 16.3. The number of rotatable bonds is 8. The van der Waals surface area contributed by atoms with E-state index < -0.39 is 17.4 Å². The van der Waals surface area contributed by atoms with Gasteiger partial charge in [0.05, 0.1) is 11.6 Å².